The van der Waals surface area contributed by atoms with E-state index in [2.05, 4.69) is 5.32 Å². The van der Waals surface area contributed by atoms with Gasteiger partial charge in [0.2, 0.25) is 5.91 Å². The zero-order chi connectivity index (χ0) is 11.4. The topological polar surface area (TPSA) is 55.1 Å². The van der Waals surface area contributed by atoms with Crippen LogP contribution in [0, 0.1) is 0 Å². The third-order valence-electron chi connectivity index (χ3n) is 2.29. The van der Waals surface area contributed by atoms with Gasteiger partial charge in [0.25, 0.3) is 0 Å². The maximum atomic E-state index is 11.2. The number of thiophene rings is 1. The smallest absolute Gasteiger partial charge is 0.249 e. The summed E-state index contributed by atoms with van der Waals surface area (Å²) in [5, 5.41) is 7.26. The van der Waals surface area contributed by atoms with Crippen LogP contribution in [0.5, 0.6) is 0 Å². The van der Waals surface area contributed by atoms with Crippen LogP contribution >= 0.6 is 11.3 Å². The number of nitrogens with one attached hydrogen (secondary N) is 1. The van der Waals surface area contributed by atoms with E-state index in [0.29, 0.717) is 12.1 Å². The highest BCUT2D eigenvalue weighted by atomic mass is 32.1. The molecule has 0 aliphatic heterocycles. The highest BCUT2D eigenvalue weighted by Crippen LogP contribution is 2.15. The first-order chi connectivity index (χ1) is 7.77. The number of benzene rings is 1. The van der Waals surface area contributed by atoms with Crippen molar-refractivity contribution in [1.82, 2.24) is 0 Å². The van der Waals surface area contributed by atoms with Crippen molar-refractivity contribution < 1.29 is 4.79 Å². The molecule has 16 heavy (non-hydrogen) atoms. The molecule has 0 aliphatic rings. The van der Waals surface area contributed by atoms with Gasteiger partial charge in [-0.2, -0.15) is 11.3 Å². The van der Waals surface area contributed by atoms with E-state index in [9.17, 15) is 4.79 Å². The van der Waals surface area contributed by atoms with Crippen LogP contribution < -0.4 is 11.1 Å². The second-order valence-corrected chi connectivity index (χ2v) is 4.17. The summed E-state index contributed by atoms with van der Waals surface area (Å²) in [5.74, 6) is -0.386. The molecule has 1 heterocycles. The summed E-state index contributed by atoms with van der Waals surface area (Å²) in [5.41, 5.74) is 7.85. The van der Waals surface area contributed by atoms with E-state index >= 15 is 0 Å². The summed E-state index contributed by atoms with van der Waals surface area (Å²) in [7, 11) is 0. The number of rotatable bonds is 4. The van der Waals surface area contributed by atoms with Crippen LogP contribution in [0.1, 0.15) is 15.9 Å². The highest BCUT2D eigenvalue weighted by molar-refractivity contribution is 7.08. The molecule has 0 saturated carbocycles. The molecule has 1 amide bonds. The van der Waals surface area contributed by atoms with Gasteiger partial charge >= 0.3 is 0 Å². The largest absolute Gasteiger partial charge is 0.380 e. The van der Waals surface area contributed by atoms with Crippen LogP contribution in [0.25, 0.3) is 0 Å². The Morgan fingerprint density at radius 2 is 2.12 bits per heavy atom. The number of anilines is 1. The summed E-state index contributed by atoms with van der Waals surface area (Å²) in [6.45, 7) is 0.607. The number of carbonyl (C=O) groups excluding carboxylic acids is 1. The fourth-order valence-electron chi connectivity index (χ4n) is 1.48. The second-order valence-electron chi connectivity index (χ2n) is 3.39. The Hall–Kier alpha value is -1.81. The lowest BCUT2D eigenvalue weighted by Crippen LogP contribution is -2.15. The molecule has 0 radical (unpaired) electrons. The van der Waals surface area contributed by atoms with E-state index < -0.39 is 0 Å². The van der Waals surface area contributed by atoms with Gasteiger partial charge in [-0.25, -0.2) is 0 Å². The molecule has 0 unspecified atom stereocenters. The van der Waals surface area contributed by atoms with Crippen molar-refractivity contribution in [3.8, 4) is 0 Å². The first-order valence-corrected chi connectivity index (χ1v) is 5.85. The third-order valence-corrected chi connectivity index (χ3v) is 2.97. The summed E-state index contributed by atoms with van der Waals surface area (Å²) in [4.78, 5) is 11.2. The molecule has 1 aromatic carbocycles. The molecule has 2 rings (SSSR count). The molecule has 0 spiro atoms. The van der Waals surface area contributed by atoms with E-state index in [1.54, 1.807) is 17.4 Å². The Labute approximate surface area is 97.9 Å². The zero-order valence-electron chi connectivity index (χ0n) is 8.64. The number of nitrogens with two attached hydrogens (primary N) is 1. The van der Waals surface area contributed by atoms with Crippen LogP contribution in [0.3, 0.4) is 0 Å². The van der Waals surface area contributed by atoms with E-state index in [-0.39, 0.29) is 5.91 Å². The molecule has 0 aliphatic carbocycles. The Morgan fingerprint density at radius 1 is 1.31 bits per heavy atom. The van der Waals surface area contributed by atoms with Gasteiger partial charge in [-0.1, -0.05) is 18.2 Å². The summed E-state index contributed by atoms with van der Waals surface area (Å²) in [6, 6.07) is 9.36. The third kappa shape index (κ3) is 2.41. The average Bonchev–Trinajstić information content (AvgIpc) is 2.79. The maximum absolute atomic E-state index is 11.2. The Bertz CT molecular complexity index is 480. The van der Waals surface area contributed by atoms with Gasteiger partial charge in [-0.15, -0.1) is 0 Å². The number of carbonyl (C=O) groups is 1. The van der Waals surface area contributed by atoms with Crippen molar-refractivity contribution in [2.45, 2.75) is 6.54 Å². The molecular formula is C12H12N2OS. The van der Waals surface area contributed by atoms with Crippen molar-refractivity contribution in [2.24, 2.45) is 5.73 Å². The lowest BCUT2D eigenvalue weighted by Gasteiger charge is -2.07. The first-order valence-electron chi connectivity index (χ1n) is 4.91. The van der Waals surface area contributed by atoms with Gasteiger partial charge in [0.1, 0.15) is 0 Å². The Kier molecular flexibility index (Phi) is 3.22. The fraction of sp³-hybridized carbons (Fsp3) is 0.0833. The predicted octanol–water partition coefficient (Wildman–Crippen LogP) is 2.46. The lowest BCUT2D eigenvalue weighted by molar-refractivity contribution is 0.0999. The van der Waals surface area contributed by atoms with Crippen LogP contribution in [0.4, 0.5) is 5.69 Å². The molecule has 0 atom stereocenters. The van der Waals surface area contributed by atoms with Crippen molar-refractivity contribution >= 4 is 22.9 Å². The average molecular weight is 232 g/mol. The van der Waals surface area contributed by atoms with E-state index in [1.807, 2.05) is 35.0 Å². The molecule has 3 nitrogen and oxygen atoms in total. The molecule has 2 aromatic rings. The van der Waals surface area contributed by atoms with Crippen molar-refractivity contribution in [3.05, 3.63) is 52.2 Å². The van der Waals surface area contributed by atoms with Crippen molar-refractivity contribution in [1.29, 1.82) is 0 Å². The molecule has 1 aromatic heterocycles. The normalized spacial score (nSPS) is 10.0. The number of hydrogen-bond acceptors (Lipinski definition) is 3. The quantitative estimate of drug-likeness (QED) is 0.850. The SMILES string of the molecule is NC(=O)c1ccccc1CNc1ccsc1. The maximum Gasteiger partial charge on any atom is 0.249 e. The Morgan fingerprint density at radius 3 is 2.81 bits per heavy atom. The zero-order valence-corrected chi connectivity index (χ0v) is 9.46. The summed E-state index contributed by atoms with van der Waals surface area (Å²) in [6.07, 6.45) is 0. The monoisotopic (exact) mass is 232 g/mol. The van der Waals surface area contributed by atoms with Gasteiger partial charge in [0.15, 0.2) is 0 Å². The first kappa shape index (κ1) is 10.7. The molecule has 82 valence electrons. The van der Waals surface area contributed by atoms with E-state index in [4.69, 9.17) is 5.73 Å². The number of hydrogen-bond donors (Lipinski definition) is 2. The second kappa shape index (κ2) is 4.81. The minimum absolute atomic E-state index is 0.386. The fourth-order valence-corrected chi connectivity index (χ4v) is 2.09. The molecule has 4 heteroatoms. The van der Waals surface area contributed by atoms with Gasteiger partial charge in [-0.3, -0.25) is 4.79 Å². The number of amides is 1. The predicted molar refractivity (Wildman–Crippen MR) is 66.6 cm³/mol. The standard InChI is InChI=1S/C12H12N2OS/c13-12(15)11-4-2-1-3-9(11)7-14-10-5-6-16-8-10/h1-6,8,14H,7H2,(H2,13,15). The molecule has 0 saturated heterocycles. The lowest BCUT2D eigenvalue weighted by atomic mass is 10.1. The number of primary amides is 1. The van der Waals surface area contributed by atoms with Crippen LogP contribution in [-0.2, 0) is 6.54 Å². The summed E-state index contributed by atoms with van der Waals surface area (Å²) >= 11 is 1.63. The van der Waals surface area contributed by atoms with Crippen LogP contribution in [-0.4, -0.2) is 5.91 Å². The van der Waals surface area contributed by atoms with E-state index in [0.717, 1.165) is 11.3 Å². The van der Waals surface area contributed by atoms with Crippen LogP contribution in [0.2, 0.25) is 0 Å². The molecule has 3 N–H and O–H groups in total. The van der Waals surface area contributed by atoms with Crippen LogP contribution in [0.15, 0.2) is 41.1 Å². The highest BCUT2D eigenvalue weighted by Gasteiger charge is 2.06. The minimum Gasteiger partial charge on any atom is -0.380 e. The van der Waals surface area contributed by atoms with Gasteiger partial charge in [-0.05, 0) is 23.1 Å². The molecular weight excluding hydrogens is 220 g/mol. The Balaban J connectivity index is 2.12. The molecule has 0 fully saturated rings. The van der Waals surface area contributed by atoms with Crippen molar-refractivity contribution in [3.63, 3.8) is 0 Å². The summed E-state index contributed by atoms with van der Waals surface area (Å²) < 4.78 is 0. The molecule has 0 bridgehead atoms. The van der Waals surface area contributed by atoms with Gasteiger partial charge in [0, 0.05) is 23.2 Å². The minimum atomic E-state index is -0.386. The van der Waals surface area contributed by atoms with E-state index in [1.165, 1.54) is 0 Å². The van der Waals surface area contributed by atoms with Crippen molar-refractivity contribution in [2.75, 3.05) is 5.32 Å². The van der Waals surface area contributed by atoms with Gasteiger partial charge < -0.3 is 11.1 Å². The van der Waals surface area contributed by atoms with Gasteiger partial charge in [0.05, 0.1) is 0 Å².